The molecule has 2 aromatic heterocycles. The molecule has 5 heteroatoms. The van der Waals surface area contributed by atoms with Gasteiger partial charge >= 0.3 is 0 Å². The minimum absolute atomic E-state index is 0.0600. The van der Waals surface area contributed by atoms with Gasteiger partial charge in [-0.15, -0.1) is 0 Å². The van der Waals surface area contributed by atoms with Gasteiger partial charge < -0.3 is 5.32 Å². The second-order valence-electron chi connectivity index (χ2n) is 5.33. The number of rotatable bonds is 5. The third-order valence-corrected chi connectivity index (χ3v) is 3.52. The standard InChI is InChI=1S/C18H18N4O/c1-14-3-2-4-16(13-14)18(23)20-10-12-22-11-7-17(21-22)15-5-8-19-9-6-15/h2-9,11,13H,10,12H2,1H3,(H,20,23). The van der Waals surface area contributed by atoms with Crippen molar-refractivity contribution in [3.63, 3.8) is 0 Å². The van der Waals surface area contributed by atoms with Crippen molar-refractivity contribution < 1.29 is 4.79 Å². The predicted octanol–water partition coefficient (Wildman–Crippen LogP) is 2.68. The van der Waals surface area contributed by atoms with Crippen LogP contribution in [0.15, 0.2) is 61.1 Å². The molecule has 0 unspecified atom stereocenters. The van der Waals surface area contributed by atoms with E-state index in [0.29, 0.717) is 18.7 Å². The van der Waals surface area contributed by atoms with Gasteiger partial charge in [-0.3, -0.25) is 14.5 Å². The molecule has 0 atom stereocenters. The number of nitrogens with zero attached hydrogens (tertiary/aromatic N) is 3. The highest BCUT2D eigenvalue weighted by atomic mass is 16.1. The lowest BCUT2D eigenvalue weighted by Gasteiger charge is -2.06. The van der Waals surface area contributed by atoms with Crippen LogP contribution in [0.1, 0.15) is 15.9 Å². The summed E-state index contributed by atoms with van der Waals surface area (Å²) in [6.45, 7) is 3.13. The smallest absolute Gasteiger partial charge is 0.251 e. The first-order valence-corrected chi connectivity index (χ1v) is 7.51. The van der Waals surface area contributed by atoms with Gasteiger partial charge in [0.25, 0.3) is 5.91 Å². The number of amides is 1. The number of hydrogen-bond donors (Lipinski definition) is 1. The SMILES string of the molecule is Cc1cccc(C(=O)NCCn2ccc(-c3ccncc3)n2)c1. The van der Waals surface area contributed by atoms with E-state index in [1.54, 1.807) is 12.4 Å². The molecular formula is C18H18N4O. The zero-order valence-electron chi connectivity index (χ0n) is 12.9. The zero-order valence-corrected chi connectivity index (χ0v) is 12.9. The molecule has 5 nitrogen and oxygen atoms in total. The Kier molecular flexibility index (Phi) is 4.47. The van der Waals surface area contributed by atoms with Gasteiger partial charge in [-0.05, 0) is 37.3 Å². The van der Waals surface area contributed by atoms with Crippen molar-refractivity contribution in [1.29, 1.82) is 0 Å². The Labute approximate surface area is 135 Å². The third kappa shape index (κ3) is 3.83. The maximum Gasteiger partial charge on any atom is 0.251 e. The number of benzene rings is 1. The number of hydrogen-bond acceptors (Lipinski definition) is 3. The molecule has 116 valence electrons. The maximum absolute atomic E-state index is 12.1. The molecule has 0 saturated carbocycles. The third-order valence-electron chi connectivity index (χ3n) is 3.52. The highest BCUT2D eigenvalue weighted by molar-refractivity contribution is 5.94. The molecule has 23 heavy (non-hydrogen) atoms. The van der Waals surface area contributed by atoms with E-state index in [4.69, 9.17) is 0 Å². The monoisotopic (exact) mass is 306 g/mol. The molecule has 0 fully saturated rings. The molecule has 1 N–H and O–H groups in total. The van der Waals surface area contributed by atoms with Gasteiger partial charge in [-0.1, -0.05) is 17.7 Å². The molecule has 0 saturated heterocycles. The summed E-state index contributed by atoms with van der Waals surface area (Å²) in [5.74, 6) is -0.0600. The van der Waals surface area contributed by atoms with Gasteiger partial charge in [0.1, 0.15) is 0 Å². The summed E-state index contributed by atoms with van der Waals surface area (Å²) in [5, 5.41) is 7.42. The molecule has 2 heterocycles. The number of aryl methyl sites for hydroxylation is 1. The van der Waals surface area contributed by atoms with Crippen LogP contribution in [-0.4, -0.2) is 27.2 Å². The summed E-state index contributed by atoms with van der Waals surface area (Å²) < 4.78 is 1.83. The topological polar surface area (TPSA) is 59.8 Å². The molecule has 3 aromatic rings. The van der Waals surface area contributed by atoms with Gasteiger partial charge in [-0.2, -0.15) is 5.10 Å². The molecule has 0 bridgehead atoms. The molecule has 0 aliphatic carbocycles. The molecule has 0 radical (unpaired) electrons. The van der Waals surface area contributed by atoms with Crippen LogP contribution in [0.5, 0.6) is 0 Å². The lowest BCUT2D eigenvalue weighted by molar-refractivity contribution is 0.0952. The van der Waals surface area contributed by atoms with Gasteiger partial charge in [0.05, 0.1) is 12.2 Å². The fraction of sp³-hybridized carbons (Fsp3) is 0.167. The first-order chi connectivity index (χ1) is 11.2. The Bertz CT molecular complexity index is 796. The average molecular weight is 306 g/mol. The first kappa shape index (κ1) is 15.0. The quantitative estimate of drug-likeness (QED) is 0.788. The number of carbonyl (C=O) groups excluding carboxylic acids is 1. The van der Waals surface area contributed by atoms with E-state index in [0.717, 1.165) is 16.8 Å². The summed E-state index contributed by atoms with van der Waals surface area (Å²) in [7, 11) is 0. The number of carbonyl (C=O) groups is 1. The summed E-state index contributed by atoms with van der Waals surface area (Å²) in [6, 6.07) is 13.4. The second kappa shape index (κ2) is 6.87. The maximum atomic E-state index is 12.1. The Hall–Kier alpha value is -2.95. The van der Waals surface area contributed by atoms with Crippen molar-refractivity contribution >= 4 is 5.91 Å². The van der Waals surface area contributed by atoms with Crippen LogP contribution in [-0.2, 0) is 6.54 Å². The van der Waals surface area contributed by atoms with Crippen LogP contribution < -0.4 is 5.32 Å². The highest BCUT2D eigenvalue weighted by Crippen LogP contribution is 2.14. The molecule has 0 spiro atoms. The first-order valence-electron chi connectivity index (χ1n) is 7.51. The van der Waals surface area contributed by atoms with Crippen LogP contribution in [0.25, 0.3) is 11.3 Å². The minimum atomic E-state index is -0.0600. The highest BCUT2D eigenvalue weighted by Gasteiger charge is 2.05. The minimum Gasteiger partial charge on any atom is -0.350 e. The van der Waals surface area contributed by atoms with Crippen molar-refractivity contribution in [2.75, 3.05) is 6.54 Å². The Morgan fingerprint density at radius 1 is 1.17 bits per heavy atom. The fourth-order valence-corrected chi connectivity index (χ4v) is 2.34. The molecule has 0 aliphatic rings. The lowest BCUT2D eigenvalue weighted by Crippen LogP contribution is -2.27. The van der Waals surface area contributed by atoms with Gasteiger partial charge in [-0.25, -0.2) is 0 Å². The van der Waals surface area contributed by atoms with E-state index in [1.165, 1.54) is 0 Å². The van der Waals surface area contributed by atoms with Gasteiger partial charge in [0.2, 0.25) is 0 Å². The predicted molar refractivity (Wildman–Crippen MR) is 89.0 cm³/mol. The summed E-state index contributed by atoms with van der Waals surface area (Å²) in [5.41, 5.74) is 3.69. The van der Waals surface area contributed by atoms with Crippen molar-refractivity contribution in [3.8, 4) is 11.3 Å². The van der Waals surface area contributed by atoms with Crippen molar-refractivity contribution in [2.24, 2.45) is 0 Å². The van der Waals surface area contributed by atoms with E-state index in [-0.39, 0.29) is 5.91 Å². The van der Waals surface area contributed by atoms with Crippen LogP contribution in [0.2, 0.25) is 0 Å². The Morgan fingerprint density at radius 3 is 2.78 bits per heavy atom. The van der Waals surface area contributed by atoms with E-state index in [1.807, 2.05) is 60.3 Å². The Morgan fingerprint density at radius 2 is 2.00 bits per heavy atom. The molecule has 1 aromatic carbocycles. The van der Waals surface area contributed by atoms with Crippen LogP contribution in [0.3, 0.4) is 0 Å². The van der Waals surface area contributed by atoms with E-state index < -0.39 is 0 Å². The largest absolute Gasteiger partial charge is 0.350 e. The van der Waals surface area contributed by atoms with Gasteiger partial charge in [0, 0.05) is 36.3 Å². The molecule has 3 rings (SSSR count). The summed E-state index contributed by atoms with van der Waals surface area (Å²) >= 11 is 0. The van der Waals surface area contributed by atoms with Crippen LogP contribution in [0.4, 0.5) is 0 Å². The molecular weight excluding hydrogens is 288 g/mol. The van der Waals surface area contributed by atoms with Crippen LogP contribution in [0, 0.1) is 6.92 Å². The normalized spacial score (nSPS) is 10.5. The number of nitrogens with one attached hydrogen (secondary N) is 1. The van der Waals surface area contributed by atoms with E-state index >= 15 is 0 Å². The van der Waals surface area contributed by atoms with Crippen molar-refractivity contribution in [1.82, 2.24) is 20.1 Å². The number of aromatic nitrogens is 3. The van der Waals surface area contributed by atoms with Crippen molar-refractivity contribution in [2.45, 2.75) is 13.5 Å². The van der Waals surface area contributed by atoms with E-state index in [2.05, 4.69) is 15.4 Å². The Balaban J connectivity index is 1.55. The van der Waals surface area contributed by atoms with Crippen molar-refractivity contribution in [3.05, 3.63) is 72.2 Å². The lowest BCUT2D eigenvalue weighted by atomic mass is 10.1. The van der Waals surface area contributed by atoms with Gasteiger partial charge in [0.15, 0.2) is 0 Å². The van der Waals surface area contributed by atoms with Crippen LogP contribution >= 0.6 is 0 Å². The van der Waals surface area contributed by atoms with E-state index in [9.17, 15) is 4.79 Å². The summed E-state index contributed by atoms with van der Waals surface area (Å²) in [4.78, 5) is 16.1. The number of pyridine rings is 1. The molecule has 1 amide bonds. The average Bonchev–Trinajstić information content (AvgIpc) is 3.04. The summed E-state index contributed by atoms with van der Waals surface area (Å²) in [6.07, 6.45) is 5.40. The zero-order chi connectivity index (χ0) is 16.1. The second-order valence-corrected chi connectivity index (χ2v) is 5.33. The molecule has 0 aliphatic heterocycles. The fourth-order valence-electron chi connectivity index (χ4n) is 2.34.